The molecular formula is C12H11BrClF3N2O. The van der Waals surface area contributed by atoms with Crippen LogP contribution >= 0.6 is 27.5 Å². The van der Waals surface area contributed by atoms with E-state index >= 15 is 0 Å². The Bertz CT molecular complexity index is 530. The van der Waals surface area contributed by atoms with E-state index in [0.29, 0.717) is 9.50 Å². The predicted octanol–water partition coefficient (Wildman–Crippen LogP) is 3.58. The van der Waals surface area contributed by atoms with Crippen molar-refractivity contribution in [3.8, 4) is 0 Å². The largest absolute Gasteiger partial charge is 0.404 e. The van der Waals surface area contributed by atoms with Crippen LogP contribution in [0.5, 0.6) is 0 Å². The van der Waals surface area contributed by atoms with E-state index in [9.17, 15) is 18.0 Å². The molecule has 0 aliphatic carbocycles. The van der Waals surface area contributed by atoms with Crippen molar-refractivity contribution in [2.24, 2.45) is 5.41 Å². The number of rotatable bonds is 2. The van der Waals surface area contributed by atoms with Gasteiger partial charge in [0, 0.05) is 16.0 Å². The summed E-state index contributed by atoms with van der Waals surface area (Å²) in [5.41, 5.74) is -2.17. The van der Waals surface area contributed by atoms with Crippen molar-refractivity contribution in [2.45, 2.75) is 12.6 Å². The molecule has 1 fully saturated rings. The van der Waals surface area contributed by atoms with E-state index in [1.807, 2.05) is 0 Å². The average molecular weight is 372 g/mol. The van der Waals surface area contributed by atoms with E-state index in [0.717, 1.165) is 0 Å². The Morgan fingerprint density at radius 2 is 2.15 bits per heavy atom. The number of amides is 1. The van der Waals surface area contributed by atoms with Crippen LogP contribution in [0.3, 0.4) is 0 Å². The SMILES string of the molecule is O=C(Nc1cc(Cl)ccc1Br)C1(C(F)(F)F)CCNC1. The van der Waals surface area contributed by atoms with Crippen molar-refractivity contribution in [3.63, 3.8) is 0 Å². The maximum atomic E-state index is 13.2. The van der Waals surface area contributed by atoms with Crippen molar-refractivity contribution in [1.82, 2.24) is 5.32 Å². The number of anilines is 1. The highest BCUT2D eigenvalue weighted by Gasteiger charge is 2.61. The Balaban J connectivity index is 2.28. The molecule has 110 valence electrons. The normalized spacial score (nSPS) is 22.9. The van der Waals surface area contributed by atoms with Crippen molar-refractivity contribution >= 4 is 39.1 Å². The van der Waals surface area contributed by atoms with Gasteiger partial charge in [-0.15, -0.1) is 0 Å². The van der Waals surface area contributed by atoms with Gasteiger partial charge < -0.3 is 10.6 Å². The number of alkyl halides is 3. The summed E-state index contributed by atoms with van der Waals surface area (Å²) in [5.74, 6) is -1.07. The summed E-state index contributed by atoms with van der Waals surface area (Å²) in [6, 6.07) is 4.53. The Kier molecular flexibility index (Phi) is 4.32. The Labute approximate surface area is 127 Å². The van der Waals surface area contributed by atoms with Gasteiger partial charge in [-0.1, -0.05) is 11.6 Å². The summed E-state index contributed by atoms with van der Waals surface area (Å²) in [6.07, 6.45) is -4.88. The number of hydrogen-bond donors (Lipinski definition) is 2. The van der Waals surface area contributed by atoms with Gasteiger partial charge in [0.25, 0.3) is 0 Å². The van der Waals surface area contributed by atoms with E-state index in [1.165, 1.54) is 6.07 Å². The molecule has 1 amide bonds. The molecular weight excluding hydrogens is 360 g/mol. The number of nitrogens with one attached hydrogen (secondary N) is 2. The lowest BCUT2D eigenvalue weighted by Gasteiger charge is -2.29. The topological polar surface area (TPSA) is 41.1 Å². The molecule has 0 radical (unpaired) electrons. The molecule has 1 aromatic carbocycles. The lowest BCUT2D eigenvalue weighted by atomic mass is 9.85. The first-order valence-corrected chi connectivity index (χ1v) is 6.97. The van der Waals surface area contributed by atoms with Crippen molar-refractivity contribution in [1.29, 1.82) is 0 Å². The minimum atomic E-state index is -4.61. The minimum absolute atomic E-state index is 0.156. The third-order valence-electron chi connectivity index (χ3n) is 3.31. The molecule has 0 saturated carbocycles. The molecule has 1 unspecified atom stereocenters. The molecule has 1 atom stereocenters. The quantitative estimate of drug-likeness (QED) is 0.834. The van der Waals surface area contributed by atoms with Crippen molar-refractivity contribution in [3.05, 3.63) is 27.7 Å². The molecule has 1 saturated heterocycles. The summed E-state index contributed by atoms with van der Waals surface area (Å²) in [6.45, 7) is -0.260. The molecule has 8 heteroatoms. The van der Waals surface area contributed by atoms with Gasteiger partial charge in [0.05, 0.1) is 5.69 Å². The molecule has 0 aromatic heterocycles. The van der Waals surface area contributed by atoms with Gasteiger partial charge in [0.1, 0.15) is 0 Å². The number of halogens is 5. The Hall–Kier alpha value is -0.790. The maximum absolute atomic E-state index is 13.2. The first-order valence-electron chi connectivity index (χ1n) is 5.80. The second-order valence-electron chi connectivity index (χ2n) is 4.58. The van der Waals surface area contributed by atoms with Gasteiger partial charge in [-0.2, -0.15) is 13.2 Å². The van der Waals surface area contributed by atoms with Gasteiger partial charge >= 0.3 is 6.18 Å². The van der Waals surface area contributed by atoms with Crippen LogP contribution in [0.1, 0.15) is 6.42 Å². The smallest absolute Gasteiger partial charge is 0.324 e. The third-order valence-corrected chi connectivity index (χ3v) is 4.24. The van der Waals surface area contributed by atoms with Crippen LogP contribution in [0.15, 0.2) is 22.7 Å². The van der Waals surface area contributed by atoms with Crippen LogP contribution in [-0.4, -0.2) is 25.2 Å². The van der Waals surface area contributed by atoms with Crippen LogP contribution in [0.2, 0.25) is 5.02 Å². The zero-order valence-electron chi connectivity index (χ0n) is 10.2. The standard InChI is InChI=1S/C12H11BrClF3N2O/c13-8-2-1-7(14)5-9(8)19-10(20)11(12(15,16)17)3-4-18-6-11/h1-2,5,18H,3-4,6H2,(H,19,20). The summed E-state index contributed by atoms with van der Waals surface area (Å²) in [7, 11) is 0. The lowest BCUT2D eigenvalue weighted by molar-refractivity contribution is -0.213. The lowest BCUT2D eigenvalue weighted by Crippen LogP contribution is -2.49. The molecule has 1 aliphatic rings. The molecule has 0 bridgehead atoms. The van der Waals surface area contributed by atoms with Gasteiger partial charge in [-0.25, -0.2) is 0 Å². The molecule has 2 N–H and O–H groups in total. The van der Waals surface area contributed by atoms with Crippen LogP contribution in [-0.2, 0) is 4.79 Å². The number of carbonyl (C=O) groups is 1. The zero-order chi connectivity index (χ0) is 15.0. The summed E-state index contributed by atoms with van der Waals surface area (Å²) >= 11 is 8.94. The predicted molar refractivity (Wildman–Crippen MR) is 73.8 cm³/mol. The Morgan fingerprint density at radius 3 is 2.70 bits per heavy atom. The fraction of sp³-hybridized carbons (Fsp3) is 0.417. The maximum Gasteiger partial charge on any atom is 0.404 e. The van der Waals surface area contributed by atoms with E-state index in [1.54, 1.807) is 12.1 Å². The van der Waals surface area contributed by atoms with E-state index in [2.05, 4.69) is 26.6 Å². The van der Waals surface area contributed by atoms with Crippen LogP contribution in [0, 0.1) is 5.41 Å². The molecule has 3 nitrogen and oxygen atoms in total. The average Bonchev–Trinajstić information content (AvgIpc) is 2.83. The minimum Gasteiger partial charge on any atom is -0.324 e. The van der Waals surface area contributed by atoms with Crippen molar-refractivity contribution in [2.75, 3.05) is 18.4 Å². The molecule has 1 aliphatic heterocycles. The highest BCUT2D eigenvalue weighted by Crippen LogP contribution is 2.44. The molecule has 2 rings (SSSR count). The highest BCUT2D eigenvalue weighted by molar-refractivity contribution is 9.10. The first kappa shape index (κ1) is 15.6. The fourth-order valence-corrected chi connectivity index (χ4v) is 2.61. The van der Waals surface area contributed by atoms with E-state index < -0.39 is 24.0 Å². The molecule has 0 spiro atoms. The van der Waals surface area contributed by atoms with Crippen LogP contribution < -0.4 is 10.6 Å². The monoisotopic (exact) mass is 370 g/mol. The molecule has 1 aromatic rings. The van der Waals surface area contributed by atoms with Crippen molar-refractivity contribution < 1.29 is 18.0 Å². The second kappa shape index (κ2) is 5.54. The Morgan fingerprint density at radius 1 is 1.45 bits per heavy atom. The van der Waals surface area contributed by atoms with Gasteiger partial charge in [-0.3, -0.25) is 4.79 Å². The zero-order valence-corrected chi connectivity index (χ0v) is 12.5. The summed E-state index contributed by atoms with van der Waals surface area (Å²) in [4.78, 5) is 12.1. The number of carbonyl (C=O) groups excluding carboxylic acids is 1. The third kappa shape index (κ3) is 2.80. The van der Waals surface area contributed by atoms with Crippen LogP contribution in [0.25, 0.3) is 0 Å². The summed E-state index contributed by atoms with van der Waals surface area (Å²) in [5, 5.41) is 5.23. The fourth-order valence-electron chi connectivity index (χ4n) is 2.09. The van der Waals surface area contributed by atoms with E-state index in [4.69, 9.17) is 11.6 Å². The number of benzene rings is 1. The number of hydrogen-bond acceptors (Lipinski definition) is 2. The van der Waals surface area contributed by atoms with E-state index in [-0.39, 0.29) is 18.7 Å². The van der Waals surface area contributed by atoms with Gasteiger partial charge in [0.2, 0.25) is 5.91 Å². The molecule has 20 heavy (non-hydrogen) atoms. The first-order chi connectivity index (χ1) is 9.26. The highest BCUT2D eigenvalue weighted by atomic mass is 79.9. The van der Waals surface area contributed by atoms with Gasteiger partial charge in [0.15, 0.2) is 5.41 Å². The summed E-state index contributed by atoms with van der Waals surface area (Å²) < 4.78 is 40.1. The molecule has 1 heterocycles. The van der Waals surface area contributed by atoms with Crippen LogP contribution in [0.4, 0.5) is 18.9 Å². The van der Waals surface area contributed by atoms with Gasteiger partial charge in [-0.05, 0) is 47.1 Å². The second-order valence-corrected chi connectivity index (χ2v) is 5.88.